The molecule has 2 aliphatic carbocycles. The third-order valence-electron chi connectivity index (χ3n) is 9.85. The third-order valence-corrected chi connectivity index (χ3v) is 10.9. The molecule has 13 heteroatoms. The van der Waals surface area contributed by atoms with E-state index in [0.717, 1.165) is 25.5 Å². The first-order chi connectivity index (χ1) is 20.8. The number of nitrogens with one attached hydrogen (secondary N) is 4. The fraction of sp³-hybridized carbons (Fsp3) is 0.844. The lowest BCUT2D eigenvalue weighted by Gasteiger charge is -2.40. The highest BCUT2D eigenvalue weighted by Gasteiger charge is 2.70. The summed E-state index contributed by atoms with van der Waals surface area (Å²) in [5.41, 5.74) is -1.84. The van der Waals surface area contributed by atoms with Crippen molar-refractivity contribution < 1.29 is 32.4 Å². The van der Waals surface area contributed by atoms with Crippen LogP contribution in [0.15, 0.2) is 0 Å². The number of Topliss-reactive ketones (excluding diaryl/α,β-unsaturated/α-hetero) is 1. The number of amides is 5. The van der Waals surface area contributed by atoms with Crippen LogP contribution in [0, 0.1) is 22.7 Å². The van der Waals surface area contributed by atoms with E-state index in [-0.39, 0.29) is 29.4 Å². The van der Waals surface area contributed by atoms with Crippen molar-refractivity contribution in [1.82, 2.24) is 26.2 Å². The molecule has 1 heterocycles. The number of hydrogen-bond donors (Lipinski definition) is 4. The van der Waals surface area contributed by atoms with Gasteiger partial charge in [0, 0.05) is 19.3 Å². The van der Waals surface area contributed by atoms with E-state index in [1.165, 1.54) is 4.90 Å². The van der Waals surface area contributed by atoms with Crippen LogP contribution in [0.25, 0.3) is 0 Å². The quantitative estimate of drug-likeness (QED) is 0.221. The number of rotatable bonds is 13. The molecular formula is C32H55N5O7S. The molecule has 45 heavy (non-hydrogen) atoms. The van der Waals surface area contributed by atoms with Gasteiger partial charge in [0.1, 0.15) is 21.9 Å². The number of nitrogens with zero attached hydrogens (tertiary/aromatic N) is 1. The molecule has 3 fully saturated rings. The second-order valence-corrected chi connectivity index (χ2v) is 17.3. The van der Waals surface area contributed by atoms with Gasteiger partial charge in [-0.15, -0.1) is 0 Å². The second kappa shape index (κ2) is 14.0. The Kier molecular flexibility index (Phi) is 11.4. The molecule has 2 saturated carbocycles. The normalized spacial score (nSPS) is 24.9. The van der Waals surface area contributed by atoms with Gasteiger partial charge in [0.05, 0.1) is 17.3 Å². The topological polar surface area (TPSA) is 171 Å². The average molecular weight is 654 g/mol. The largest absolute Gasteiger partial charge is 0.349 e. The van der Waals surface area contributed by atoms with Crippen molar-refractivity contribution in [2.24, 2.45) is 22.7 Å². The lowest BCUT2D eigenvalue weighted by atomic mass is 9.83. The zero-order valence-electron chi connectivity index (χ0n) is 28.4. The zero-order valence-corrected chi connectivity index (χ0v) is 29.2. The number of likely N-dealkylation sites (tertiary alicyclic amines) is 1. The molecule has 3 rings (SSSR count). The number of carbonyl (C=O) groups is 5. The van der Waals surface area contributed by atoms with E-state index < -0.39 is 68.5 Å². The van der Waals surface area contributed by atoms with Crippen molar-refractivity contribution in [3.63, 3.8) is 0 Å². The number of sulfone groups is 1. The van der Waals surface area contributed by atoms with Crippen molar-refractivity contribution in [2.75, 3.05) is 25.1 Å². The van der Waals surface area contributed by atoms with Crippen LogP contribution < -0.4 is 21.3 Å². The fourth-order valence-corrected chi connectivity index (χ4v) is 8.73. The Hall–Kier alpha value is -2.70. The average Bonchev–Trinajstić information content (AvgIpc) is 3.25. The van der Waals surface area contributed by atoms with Crippen LogP contribution in [0.2, 0.25) is 0 Å². The number of fused-ring (bicyclic) bond motifs is 1. The van der Waals surface area contributed by atoms with Gasteiger partial charge in [-0.3, -0.25) is 19.2 Å². The van der Waals surface area contributed by atoms with Gasteiger partial charge in [-0.1, -0.05) is 74.1 Å². The van der Waals surface area contributed by atoms with E-state index in [1.54, 1.807) is 0 Å². The van der Waals surface area contributed by atoms with Gasteiger partial charge in [-0.2, -0.15) is 0 Å². The first-order valence-corrected chi connectivity index (χ1v) is 18.5. The van der Waals surface area contributed by atoms with E-state index >= 15 is 0 Å². The molecule has 3 aliphatic rings. The highest BCUT2D eigenvalue weighted by Crippen LogP contribution is 2.65. The van der Waals surface area contributed by atoms with Gasteiger partial charge in [-0.05, 0) is 48.3 Å². The molecule has 1 unspecified atom stereocenters. The third kappa shape index (κ3) is 8.77. The van der Waals surface area contributed by atoms with E-state index in [2.05, 4.69) is 35.1 Å². The van der Waals surface area contributed by atoms with E-state index in [9.17, 15) is 32.4 Å². The standard InChI is InChI=1S/C32H55N5O7S/c1-9-14-21(24(38)27(40)33-17-10-2)34-26(39)23-22-20(31(22,6)7)18-37(23)28(41)25(30(3,4)5)35-29(42)36-32(19-45(8,43)44)15-12-11-13-16-32/h20-23,25H,9-19H2,1-8H3,(H,33,40)(H,34,39)(H2,35,36,42)/t20-,21?,22-,23-,25+/m0/s1. The van der Waals surface area contributed by atoms with Crippen molar-refractivity contribution >= 4 is 39.4 Å². The summed E-state index contributed by atoms with van der Waals surface area (Å²) in [5, 5.41) is 11.1. The van der Waals surface area contributed by atoms with Crippen molar-refractivity contribution in [2.45, 2.75) is 123 Å². The fourth-order valence-electron chi connectivity index (χ4n) is 7.37. The Morgan fingerprint density at radius 1 is 0.956 bits per heavy atom. The summed E-state index contributed by atoms with van der Waals surface area (Å²) in [6, 6.07) is -3.51. The van der Waals surface area contributed by atoms with Crippen LogP contribution in [-0.4, -0.2) is 91.6 Å². The van der Waals surface area contributed by atoms with E-state index in [0.29, 0.717) is 38.8 Å². The monoisotopic (exact) mass is 653 g/mol. The summed E-state index contributed by atoms with van der Waals surface area (Å²) in [7, 11) is -3.39. The van der Waals surface area contributed by atoms with Crippen molar-refractivity contribution in [3.8, 4) is 0 Å². The zero-order chi connectivity index (χ0) is 34.0. The predicted molar refractivity (Wildman–Crippen MR) is 172 cm³/mol. The first-order valence-electron chi connectivity index (χ1n) is 16.5. The summed E-state index contributed by atoms with van der Waals surface area (Å²) >= 11 is 0. The maximum absolute atomic E-state index is 14.3. The highest BCUT2D eigenvalue weighted by atomic mass is 32.2. The lowest BCUT2D eigenvalue weighted by molar-refractivity contribution is -0.145. The SMILES string of the molecule is CCCNC(=O)C(=O)C(CCC)NC(=O)[C@@H]1[C@@H]2[C@H](CN1C(=O)[C@@H](NC(=O)NC1(CS(C)(=O)=O)CCCCC1)C(C)(C)C)C2(C)C. The summed E-state index contributed by atoms with van der Waals surface area (Å²) in [6.07, 6.45) is 6.28. The molecule has 0 aromatic carbocycles. The van der Waals surface area contributed by atoms with Gasteiger partial charge in [0.25, 0.3) is 5.91 Å². The Bertz CT molecular complexity index is 1250. The molecule has 1 aliphatic heterocycles. The molecule has 0 bridgehead atoms. The molecular weight excluding hydrogens is 598 g/mol. The summed E-state index contributed by atoms with van der Waals surface area (Å²) in [4.78, 5) is 68.6. The van der Waals surface area contributed by atoms with E-state index in [4.69, 9.17) is 0 Å². The van der Waals surface area contributed by atoms with Crippen LogP contribution in [0.1, 0.15) is 99.8 Å². The molecule has 0 aromatic rings. The van der Waals surface area contributed by atoms with E-state index in [1.807, 2.05) is 34.6 Å². The minimum atomic E-state index is -3.39. The van der Waals surface area contributed by atoms with Crippen LogP contribution >= 0.6 is 0 Å². The van der Waals surface area contributed by atoms with Gasteiger partial charge in [0.2, 0.25) is 17.6 Å². The summed E-state index contributed by atoms with van der Waals surface area (Å²) in [5.74, 6) is -2.60. The van der Waals surface area contributed by atoms with Crippen molar-refractivity contribution in [3.05, 3.63) is 0 Å². The number of hydrogen-bond acceptors (Lipinski definition) is 7. The first kappa shape index (κ1) is 36.8. The Morgan fingerprint density at radius 3 is 2.11 bits per heavy atom. The molecule has 12 nitrogen and oxygen atoms in total. The lowest BCUT2D eigenvalue weighted by Crippen LogP contribution is -2.63. The Morgan fingerprint density at radius 2 is 1.58 bits per heavy atom. The van der Waals surface area contributed by atoms with Crippen LogP contribution in [-0.2, 0) is 29.0 Å². The van der Waals surface area contributed by atoms with Gasteiger partial charge in [-0.25, -0.2) is 13.2 Å². The molecule has 5 amide bonds. The summed E-state index contributed by atoms with van der Waals surface area (Å²) < 4.78 is 24.5. The molecule has 0 radical (unpaired) electrons. The van der Waals surface area contributed by atoms with Gasteiger partial charge in [0.15, 0.2) is 0 Å². The Balaban J connectivity index is 1.83. The minimum Gasteiger partial charge on any atom is -0.349 e. The highest BCUT2D eigenvalue weighted by molar-refractivity contribution is 7.90. The number of urea groups is 1. The summed E-state index contributed by atoms with van der Waals surface area (Å²) in [6.45, 7) is 14.0. The number of ketones is 1. The molecule has 0 aromatic heterocycles. The maximum Gasteiger partial charge on any atom is 0.315 e. The van der Waals surface area contributed by atoms with Crippen molar-refractivity contribution in [1.29, 1.82) is 0 Å². The molecule has 4 N–H and O–H groups in total. The number of piperidine rings is 1. The van der Waals surface area contributed by atoms with Crippen LogP contribution in [0.5, 0.6) is 0 Å². The second-order valence-electron chi connectivity index (χ2n) is 15.2. The smallest absolute Gasteiger partial charge is 0.315 e. The predicted octanol–water partition coefficient (Wildman–Crippen LogP) is 2.31. The van der Waals surface area contributed by atoms with Crippen LogP contribution in [0.3, 0.4) is 0 Å². The molecule has 0 spiro atoms. The molecule has 256 valence electrons. The van der Waals surface area contributed by atoms with Gasteiger partial charge < -0.3 is 26.2 Å². The Labute approximate surface area is 268 Å². The van der Waals surface area contributed by atoms with Crippen LogP contribution in [0.4, 0.5) is 4.79 Å². The minimum absolute atomic E-state index is 0.0695. The molecule has 5 atom stereocenters. The maximum atomic E-state index is 14.3. The van der Waals surface area contributed by atoms with Gasteiger partial charge >= 0.3 is 6.03 Å². The number of carbonyl (C=O) groups excluding carboxylic acids is 5. The molecule has 1 saturated heterocycles.